The van der Waals surface area contributed by atoms with Crippen LogP contribution < -0.4 is 15.4 Å². The number of methoxy groups -OCH3 is 1. The molecule has 4 heteroatoms. The first-order valence-corrected chi connectivity index (χ1v) is 11.7. The molecule has 0 saturated carbocycles. The summed E-state index contributed by atoms with van der Waals surface area (Å²) in [6, 6.07) is 28.3. The summed E-state index contributed by atoms with van der Waals surface area (Å²) >= 11 is 0. The van der Waals surface area contributed by atoms with E-state index in [1.54, 1.807) is 7.11 Å². The number of benzene rings is 4. The second kappa shape index (κ2) is 8.38. The smallest absolute Gasteiger partial charge is 0.255 e. The molecule has 2 N–H and O–H groups in total. The number of hydrogen-bond donors (Lipinski definition) is 2. The van der Waals surface area contributed by atoms with Crippen LogP contribution in [0.5, 0.6) is 5.75 Å². The van der Waals surface area contributed by atoms with Crippen LogP contribution in [0.15, 0.2) is 97.1 Å². The maximum absolute atomic E-state index is 12.7. The van der Waals surface area contributed by atoms with Gasteiger partial charge in [0.1, 0.15) is 5.75 Å². The fourth-order valence-electron chi connectivity index (χ4n) is 5.53. The molecule has 34 heavy (non-hydrogen) atoms. The van der Waals surface area contributed by atoms with Crippen LogP contribution in [0.3, 0.4) is 0 Å². The third-order valence-corrected chi connectivity index (χ3v) is 7.12. The highest BCUT2D eigenvalue weighted by Crippen LogP contribution is 2.52. The third kappa shape index (κ3) is 3.43. The van der Waals surface area contributed by atoms with Gasteiger partial charge in [0, 0.05) is 28.4 Å². The van der Waals surface area contributed by atoms with Gasteiger partial charge in [-0.3, -0.25) is 4.79 Å². The molecule has 168 valence electrons. The number of fused-ring (bicyclic) bond motifs is 4. The second-order valence-electron chi connectivity index (χ2n) is 9.00. The number of allylic oxidation sites excluding steroid dienone is 2. The van der Waals surface area contributed by atoms with E-state index in [0.29, 0.717) is 11.5 Å². The van der Waals surface area contributed by atoms with Crippen molar-refractivity contribution in [3.8, 4) is 5.75 Å². The molecule has 0 saturated heterocycles. The lowest BCUT2D eigenvalue weighted by Gasteiger charge is -2.38. The van der Waals surface area contributed by atoms with Gasteiger partial charge in [0.25, 0.3) is 5.91 Å². The van der Waals surface area contributed by atoms with Gasteiger partial charge >= 0.3 is 0 Å². The van der Waals surface area contributed by atoms with Gasteiger partial charge in [0.05, 0.1) is 13.2 Å². The van der Waals surface area contributed by atoms with E-state index >= 15 is 0 Å². The summed E-state index contributed by atoms with van der Waals surface area (Å²) in [4.78, 5) is 12.7. The van der Waals surface area contributed by atoms with Crippen LogP contribution >= 0.6 is 0 Å². The topological polar surface area (TPSA) is 50.4 Å². The lowest BCUT2D eigenvalue weighted by atomic mass is 9.76. The summed E-state index contributed by atoms with van der Waals surface area (Å²) < 4.78 is 5.84. The molecule has 3 atom stereocenters. The molecule has 1 aliphatic carbocycles. The monoisotopic (exact) mass is 446 g/mol. The molecular formula is C30H26N2O2. The standard InChI is InChI=1S/C30H26N2O2/c1-34-27-17-14-19-8-5-6-11-22(19)28(27)29-24-13-7-12-23(24)25-18-21(15-16-26(25)32-29)31-30(33)20-9-3-2-4-10-20/h2-12,14-18,23-24,29,32H,13H2,1H3,(H,31,33). The van der Waals surface area contributed by atoms with Crippen molar-refractivity contribution in [2.24, 2.45) is 5.92 Å². The van der Waals surface area contributed by atoms with Gasteiger partial charge < -0.3 is 15.4 Å². The molecule has 1 amide bonds. The summed E-state index contributed by atoms with van der Waals surface area (Å²) in [5.41, 5.74) is 5.01. The van der Waals surface area contributed by atoms with E-state index in [1.807, 2.05) is 36.4 Å². The number of ether oxygens (including phenoxy) is 1. The quantitative estimate of drug-likeness (QED) is 0.334. The highest BCUT2D eigenvalue weighted by molar-refractivity contribution is 6.04. The Morgan fingerprint density at radius 3 is 2.65 bits per heavy atom. The number of hydrogen-bond acceptors (Lipinski definition) is 3. The SMILES string of the molecule is COc1ccc2ccccc2c1C1Nc2ccc(NC(=O)c3ccccc3)cc2C2C=CCC21. The summed E-state index contributed by atoms with van der Waals surface area (Å²) in [6.45, 7) is 0. The molecule has 4 nitrogen and oxygen atoms in total. The number of carbonyl (C=O) groups excluding carboxylic acids is 1. The van der Waals surface area contributed by atoms with Crippen LogP contribution in [-0.2, 0) is 0 Å². The van der Waals surface area contributed by atoms with Crippen molar-refractivity contribution in [1.82, 2.24) is 0 Å². The summed E-state index contributed by atoms with van der Waals surface area (Å²) in [6.07, 6.45) is 5.60. The molecule has 1 aliphatic heterocycles. The van der Waals surface area contributed by atoms with Gasteiger partial charge in [-0.15, -0.1) is 0 Å². The van der Waals surface area contributed by atoms with Crippen molar-refractivity contribution in [3.63, 3.8) is 0 Å². The zero-order valence-corrected chi connectivity index (χ0v) is 19.0. The third-order valence-electron chi connectivity index (χ3n) is 7.12. The van der Waals surface area contributed by atoms with Crippen LogP contribution in [0.1, 0.15) is 39.9 Å². The van der Waals surface area contributed by atoms with Crippen LogP contribution in [0.25, 0.3) is 10.8 Å². The Labute approximate surface area is 199 Å². The number of carbonyl (C=O) groups is 1. The van der Waals surface area contributed by atoms with Crippen LogP contribution in [0.2, 0.25) is 0 Å². The maximum atomic E-state index is 12.7. The van der Waals surface area contributed by atoms with Crippen molar-refractivity contribution in [2.45, 2.75) is 18.4 Å². The molecule has 4 aromatic rings. The molecule has 0 fully saturated rings. The summed E-state index contributed by atoms with van der Waals surface area (Å²) in [5, 5.41) is 9.33. The first-order valence-electron chi connectivity index (χ1n) is 11.7. The Hall–Kier alpha value is -4.05. The van der Waals surface area contributed by atoms with Crippen LogP contribution in [-0.4, -0.2) is 13.0 Å². The Morgan fingerprint density at radius 1 is 0.971 bits per heavy atom. The highest BCUT2D eigenvalue weighted by atomic mass is 16.5. The predicted octanol–water partition coefficient (Wildman–Crippen LogP) is 6.93. The minimum atomic E-state index is -0.0961. The van der Waals surface area contributed by atoms with Crippen molar-refractivity contribution < 1.29 is 9.53 Å². The van der Waals surface area contributed by atoms with E-state index < -0.39 is 0 Å². The first kappa shape index (κ1) is 20.5. The van der Waals surface area contributed by atoms with Crippen LogP contribution in [0.4, 0.5) is 11.4 Å². The average molecular weight is 447 g/mol. The van der Waals surface area contributed by atoms with Crippen molar-refractivity contribution in [2.75, 3.05) is 17.7 Å². The van der Waals surface area contributed by atoms with E-state index in [9.17, 15) is 4.79 Å². The molecule has 0 spiro atoms. The number of rotatable bonds is 4. The zero-order chi connectivity index (χ0) is 23.1. The van der Waals surface area contributed by atoms with Gasteiger partial charge in [-0.05, 0) is 65.1 Å². The molecule has 4 aromatic carbocycles. The molecule has 2 aliphatic rings. The van der Waals surface area contributed by atoms with Gasteiger partial charge in [-0.2, -0.15) is 0 Å². The number of nitrogens with one attached hydrogen (secondary N) is 2. The molecule has 1 heterocycles. The van der Waals surface area contributed by atoms with Crippen molar-refractivity contribution in [3.05, 3.63) is 114 Å². The number of amides is 1. The minimum Gasteiger partial charge on any atom is -0.496 e. The molecule has 3 unspecified atom stereocenters. The Balaban J connectivity index is 1.38. The van der Waals surface area contributed by atoms with Crippen LogP contribution in [0, 0.1) is 5.92 Å². The molecule has 0 bridgehead atoms. The summed E-state index contributed by atoms with van der Waals surface area (Å²) in [7, 11) is 1.75. The Bertz CT molecular complexity index is 1410. The highest BCUT2D eigenvalue weighted by Gasteiger charge is 2.39. The first-order chi connectivity index (χ1) is 16.7. The van der Waals surface area contributed by atoms with E-state index in [-0.39, 0.29) is 17.9 Å². The van der Waals surface area contributed by atoms with Crippen molar-refractivity contribution in [1.29, 1.82) is 0 Å². The molecule has 0 radical (unpaired) electrons. The maximum Gasteiger partial charge on any atom is 0.255 e. The van der Waals surface area contributed by atoms with Gasteiger partial charge in [0.15, 0.2) is 0 Å². The van der Waals surface area contributed by atoms with E-state index in [2.05, 4.69) is 71.3 Å². The lowest BCUT2D eigenvalue weighted by Crippen LogP contribution is -2.29. The van der Waals surface area contributed by atoms with E-state index in [1.165, 1.54) is 21.9 Å². The largest absolute Gasteiger partial charge is 0.496 e. The predicted molar refractivity (Wildman–Crippen MR) is 138 cm³/mol. The van der Waals surface area contributed by atoms with Gasteiger partial charge in [-0.1, -0.05) is 60.7 Å². The van der Waals surface area contributed by atoms with Gasteiger partial charge in [0.2, 0.25) is 0 Å². The molecular weight excluding hydrogens is 420 g/mol. The lowest BCUT2D eigenvalue weighted by molar-refractivity contribution is 0.102. The zero-order valence-electron chi connectivity index (χ0n) is 19.0. The molecule has 0 aromatic heterocycles. The second-order valence-corrected chi connectivity index (χ2v) is 9.00. The molecule has 6 rings (SSSR count). The Kier molecular flexibility index (Phi) is 5.06. The fraction of sp³-hybridized carbons (Fsp3) is 0.167. The normalized spacial score (nSPS) is 20.3. The fourth-order valence-corrected chi connectivity index (χ4v) is 5.53. The minimum absolute atomic E-state index is 0.0961. The Morgan fingerprint density at radius 2 is 1.79 bits per heavy atom. The average Bonchev–Trinajstić information content (AvgIpc) is 3.39. The van der Waals surface area contributed by atoms with E-state index in [4.69, 9.17) is 4.74 Å². The van der Waals surface area contributed by atoms with E-state index in [0.717, 1.165) is 23.5 Å². The number of anilines is 2. The van der Waals surface area contributed by atoms with Gasteiger partial charge in [-0.25, -0.2) is 0 Å². The summed E-state index contributed by atoms with van der Waals surface area (Å²) in [5.74, 6) is 1.46. The van der Waals surface area contributed by atoms with Crippen molar-refractivity contribution >= 4 is 28.1 Å².